The number of thiophene rings is 1. The minimum atomic E-state index is -0.245. The molecule has 1 fully saturated rings. The van der Waals surface area contributed by atoms with Crippen molar-refractivity contribution in [1.82, 2.24) is 0 Å². The van der Waals surface area contributed by atoms with Gasteiger partial charge >= 0.3 is 7.12 Å². The molecule has 0 bridgehead atoms. The van der Waals surface area contributed by atoms with E-state index in [-0.39, 0.29) is 18.3 Å². The lowest BCUT2D eigenvalue weighted by Crippen LogP contribution is -2.41. The molecule has 1 aromatic rings. The van der Waals surface area contributed by atoms with Gasteiger partial charge in [0.1, 0.15) is 0 Å². The first-order valence-corrected chi connectivity index (χ1v) is 7.61. The Labute approximate surface area is 115 Å². The molecule has 2 heterocycles. The number of aryl methyl sites for hydroxylation is 1. The molecule has 0 amide bonds. The van der Waals surface area contributed by atoms with Crippen molar-refractivity contribution in [3.63, 3.8) is 0 Å². The normalized spacial score (nSPS) is 21.5. The van der Waals surface area contributed by atoms with Gasteiger partial charge in [-0.25, -0.2) is 0 Å². The van der Waals surface area contributed by atoms with Crippen LogP contribution < -0.4 is 4.78 Å². The van der Waals surface area contributed by atoms with Crippen LogP contribution in [0.15, 0.2) is 12.1 Å². The van der Waals surface area contributed by atoms with Crippen LogP contribution in [0.2, 0.25) is 0 Å². The molecule has 0 saturated carbocycles. The zero-order chi connectivity index (χ0) is 13.4. The molecule has 1 saturated heterocycles. The Kier molecular flexibility index (Phi) is 3.91. The van der Waals surface area contributed by atoms with Crippen LogP contribution in [0.5, 0.6) is 0 Å². The van der Waals surface area contributed by atoms with Gasteiger partial charge in [-0.1, -0.05) is 19.4 Å². The van der Waals surface area contributed by atoms with Gasteiger partial charge in [-0.2, -0.15) is 0 Å². The summed E-state index contributed by atoms with van der Waals surface area (Å²) in [6, 6.07) is 4.36. The molecule has 2 rings (SSSR count). The largest absolute Gasteiger partial charge is 0.505 e. The van der Waals surface area contributed by atoms with Crippen molar-refractivity contribution in [1.29, 1.82) is 0 Å². The molecule has 0 spiro atoms. The third-order valence-corrected chi connectivity index (χ3v) is 5.11. The Balaban J connectivity index is 2.07. The van der Waals surface area contributed by atoms with Crippen LogP contribution in [0.3, 0.4) is 0 Å². The van der Waals surface area contributed by atoms with Gasteiger partial charge < -0.3 is 9.31 Å². The SMILES string of the molecule is CCCCc1ccc(B2OC(C)(C)C(C)(C)O2)s1. The molecule has 18 heavy (non-hydrogen) atoms. The fraction of sp³-hybridized carbons (Fsp3) is 0.714. The first-order valence-electron chi connectivity index (χ1n) is 6.80. The molecule has 2 nitrogen and oxygen atoms in total. The van der Waals surface area contributed by atoms with E-state index >= 15 is 0 Å². The molecule has 0 aromatic carbocycles. The van der Waals surface area contributed by atoms with E-state index in [0.29, 0.717) is 0 Å². The van der Waals surface area contributed by atoms with Crippen molar-refractivity contribution >= 4 is 23.2 Å². The summed E-state index contributed by atoms with van der Waals surface area (Å²) in [5.41, 5.74) is -0.490. The Morgan fingerprint density at radius 1 is 1.11 bits per heavy atom. The minimum absolute atomic E-state index is 0.199. The van der Waals surface area contributed by atoms with Crippen molar-refractivity contribution in [2.24, 2.45) is 0 Å². The Morgan fingerprint density at radius 3 is 2.28 bits per heavy atom. The van der Waals surface area contributed by atoms with Crippen molar-refractivity contribution in [3.8, 4) is 0 Å². The van der Waals surface area contributed by atoms with Crippen LogP contribution in [0.4, 0.5) is 0 Å². The quantitative estimate of drug-likeness (QED) is 0.778. The zero-order valence-electron chi connectivity index (χ0n) is 12.1. The summed E-state index contributed by atoms with van der Waals surface area (Å²) in [6.07, 6.45) is 3.66. The number of hydrogen-bond donors (Lipinski definition) is 0. The molecule has 0 atom stereocenters. The van der Waals surface area contributed by atoms with Crippen LogP contribution in [0, 0.1) is 0 Å². The Morgan fingerprint density at radius 2 is 1.72 bits per heavy atom. The zero-order valence-corrected chi connectivity index (χ0v) is 12.9. The fourth-order valence-electron chi connectivity index (χ4n) is 1.97. The second kappa shape index (κ2) is 4.99. The van der Waals surface area contributed by atoms with Crippen LogP contribution in [-0.4, -0.2) is 18.3 Å². The highest BCUT2D eigenvalue weighted by molar-refractivity contribution is 7.22. The smallest absolute Gasteiger partial charge is 0.399 e. The van der Waals surface area contributed by atoms with E-state index in [1.807, 2.05) is 11.3 Å². The molecule has 0 aliphatic carbocycles. The standard InChI is InChI=1S/C14H23BO2S/c1-6-7-8-11-9-10-12(18-11)15-16-13(2,3)14(4,5)17-15/h9-10H,6-8H2,1-5H3. The summed E-state index contributed by atoms with van der Waals surface area (Å²) < 4.78 is 13.3. The van der Waals surface area contributed by atoms with Gasteiger partial charge in [0.15, 0.2) is 0 Å². The van der Waals surface area contributed by atoms with E-state index in [9.17, 15) is 0 Å². The lowest BCUT2D eigenvalue weighted by Gasteiger charge is -2.32. The maximum atomic E-state index is 6.06. The van der Waals surface area contributed by atoms with E-state index in [2.05, 4.69) is 46.8 Å². The van der Waals surface area contributed by atoms with E-state index < -0.39 is 0 Å². The monoisotopic (exact) mass is 266 g/mol. The predicted molar refractivity (Wildman–Crippen MR) is 78.6 cm³/mol. The van der Waals surface area contributed by atoms with Crippen LogP contribution >= 0.6 is 11.3 Å². The minimum Gasteiger partial charge on any atom is -0.399 e. The molecule has 100 valence electrons. The average molecular weight is 266 g/mol. The van der Waals surface area contributed by atoms with Gasteiger partial charge in [-0.05, 0) is 46.6 Å². The van der Waals surface area contributed by atoms with Crippen LogP contribution in [-0.2, 0) is 15.7 Å². The van der Waals surface area contributed by atoms with Crippen molar-refractivity contribution < 1.29 is 9.31 Å². The summed E-state index contributed by atoms with van der Waals surface area (Å²) in [4.78, 5) is 1.43. The first kappa shape index (κ1) is 14.1. The number of unbranched alkanes of at least 4 members (excludes halogenated alkanes) is 1. The molecular formula is C14H23BO2S. The van der Waals surface area contributed by atoms with Crippen molar-refractivity contribution in [3.05, 3.63) is 17.0 Å². The maximum absolute atomic E-state index is 6.06. The average Bonchev–Trinajstić information content (AvgIpc) is 2.80. The third kappa shape index (κ3) is 2.66. The Bertz CT molecular complexity index is 396. The summed E-state index contributed by atoms with van der Waals surface area (Å²) in [5.74, 6) is 0. The van der Waals surface area contributed by atoms with Crippen LogP contribution in [0.1, 0.15) is 52.3 Å². The summed E-state index contributed by atoms with van der Waals surface area (Å²) in [6.45, 7) is 10.6. The molecular weight excluding hydrogens is 243 g/mol. The fourth-order valence-corrected chi connectivity index (χ4v) is 2.98. The van der Waals surface area contributed by atoms with E-state index in [0.717, 1.165) is 0 Å². The third-order valence-electron chi connectivity index (χ3n) is 3.94. The summed E-state index contributed by atoms with van der Waals surface area (Å²) in [5, 5.41) is 0. The highest BCUT2D eigenvalue weighted by Gasteiger charge is 2.52. The second-order valence-corrected chi connectivity index (χ2v) is 7.20. The lowest BCUT2D eigenvalue weighted by molar-refractivity contribution is 0.00578. The molecule has 1 aliphatic rings. The molecule has 1 aromatic heterocycles. The second-order valence-electron chi connectivity index (χ2n) is 6.00. The first-order chi connectivity index (χ1) is 8.36. The van der Waals surface area contributed by atoms with Crippen molar-refractivity contribution in [2.75, 3.05) is 0 Å². The van der Waals surface area contributed by atoms with E-state index in [1.165, 1.54) is 28.9 Å². The van der Waals surface area contributed by atoms with Gasteiger partial charge in [-0.15, -0.1) is 11.3 Å². The van der Waals surface area contributed by atoms with Gasteiger partial charge in [-0.3, -0.25) is 0 Å². The maximum Gasteiger partial charge on any atom is 0.505 e. The molecule has 0 unspecified atom stereocenters. The molecule has 0 radical (unpaired) electrons. The molecule has 4 heteroatoms. The molecule has 0 N–H and O–H groups in total. The topological polar surface area (TPSA) is 18.5 Å². The highest BCUT2D eigenvalue weighted by atomic mass is 32.1. The Hall–Kier alpha value is -0.315. The van der Waals surface area contributed by atoms with Crippen molar-refractivity contribution in [2.45, 2.75) is 65.1 Å². The van der Waals surface area contributed by atoms with E-state index in [1.54, 1.807) is 0 Å². The van der Waals surface area contributed by atoms with Crippen LogP contribution in [0.25, 0.3) is 0 Å². The molecule has 1 aliphatic heterocycles. The van der Waals surface area contributed by atoms with Gasteiger partial charge in [0.05, 0.1) is 11.2 Å². The number of hydrogen-bond acceptors (Lipinski definition) is 3. The summed E-state index contributed by atoms with van der Waals surface area (Å²) >= 11 is 1.82. The van der Waals surface area contributed by atoms with Gasteiger partial charge in [0.25, 0.3) is 0 Å². The predicted octanol–water partition coefficient (Wildman–Crippen LogP) is 3.39. The van der Waals surface area contributed by atoms with E-state index in [4.69, 9.17) is 9.31 Å². The summed E-state index contributed by atoms with van der Waals surface area (Å²) in [7, 11) is -0.199. The highest BCUT2D eigenvalue weighted by Crippen LogP contribution is 2.37. The lowest BCUT2D eigenvalue weighted by atomic mass is 9.88. The number of rotatable bonds is 4. The van der Waals surface area contributed by atoms with Gasteiger partial charge in [0.2, 0.25) is 0 Å². The van der Waals surface area contributed by atoms with Gasteiger partial charge in [0, 0.05) is 9.65 Å².